The van der Waals surface area contributed by atoms with Crippen LogP contribution in [0.4, 0.5) is 5.95 Å². The Labute approximate surface area is 94.7 Å². The first-order valence-corrected chi connectivity index (χ1v) is 5.68. The Morgan fingerprint density at radius 3 is 2.81 bits per heavy atom. The van der Waals surface area contributed by atoms with Crippen molar-refractivity contribution in [1.29, 1.82) is 0 Å². The van der Waals surface area contributed by atoms with Gasteiger partial charge >= 0.3 is 0 Å². The van der Waals surface area contributed by atoms with Crippen LogP contribution < -0.4 is 5.73 Å². The maximum absolute atomic E-state index is 5.66. The fourth-order valence-electron chi connectivity index (χ4n) is 2.48. The molecule has 3 heteroatoms. The number of fused-ring (bicyclic) bond motifs is 1. The van der Waals surface area contributed by atoms with Gasteiger partial charge in [0, 0.05) is 11.3 Å². The minimum absolute atomic E-state index is 0.494. The average Bonchev–Trinajstić information content (AvgIpc) is 2.83. The number of aromatic amines is 1. The van der Waals surface area contributed by atoms with Gasteiger partial charge in [0.1, 0.15) is 0 Å². The summed E-state index contributed by atoms with van der Waals surface area (Å²) in [4.78, 5) is 7.37. The van der Waals surface area contributed by atoms with E-state index in [9.17, 15) is 0 Å². The molecule has 0 saturated carbocycles. The molecule has 0 atom stereocenters. The molecule has 1 aliphatic rings. The Bertz CT molecular complexity index is 540. The molecule has 3 rings (SSSR count). The van der Waals surface area contributed by atoms with Crippen molar-refractivity contribution in [3.05, 3.63) is 35.0 Å². The molecule has 0 amide bonds. The average molecular weight is 213 g/mol. The van der Waals surface area contributed by atoms with Gasteiger partial charge in [-0.2, -0.15) is 0 Å². The number of benzene rings is 1. The maximum atomic E-state index is 5.66. The fourth-order valence-corrected chi connectivity index (χ4v) is 2.48. The number of nitrogens with two attached hydrogens (primary N) is 1. The zero-order valence-corrected chi connectivity index (χ0v) is 9.38. The Hall–Kier alpha value is -1.77. The van der Waals surface area contributed by atoms with Crippen LogP contribution in [0.1, 0.15) is 23.2 Å². The van der Waals surface area contributed by atoms with Crippen molar-refractivity contribution < 1.29 is 0 Å². The highest BCUT2D eigenvalue weighted by Crippen LogP contribution is 2.28. The van der Waals surface area contributed by atoms with Crippen LogP contribution in [0.5, 0.6) is 0 Å². The number of imidazole rings is 1. The van der Waals surface area contributed by atoms with Gasteiger partial charge in [0.15, 0.2) is 5.95 Å². The summed E-state index contributed by atoms with van der Waals surface area (Å²) >= 11 is 0. The summed E-state index contributed by atoms with van der Waals surface area (Å²) in [5, 5.41) is 0. The van der Waals surface area contributed by atoms with Gasteiger partial charge in [0.25, 0.3) is 0 Å². The van der Waals surface area contributed by atoms with E-state index in [0.29, 0.717) is 5.95 Å². The molecule has 3 nitrogen and oxygen atoms in total. The number of hydrogen-bond acceptors (Lipinski definition) is 2. The summed E-state index contributed by atoms with van der Waals surface area (Å²) < 4.78 is 0. The number of aryl methyl sites for hydroxylation is 3. The van der Waals surface area contributed by atoms with Crippen molar-refractivity contribution >= 4 is 5.95 Å². The lowest BCUT2D eigenvalue weighted by Gasteiger charge is -2.03. The second kappa shape index (κ2) is 3.37. The lowest BCUT2D eigenvalue weighted by atomic mass is 10.0. The van der Waals surface area contributed by atoms with E-state index in [-0.39, 0.29) is 0 Å². The number of rotatable bonds is 1. The van der Waals surface area contributed by atoms with Crippen molar-refractivity contribution in [2.24, 2.45) is 0 Å². The Morgan fingerprint density at radius 1 is 1.25 bits per heavy atom. The smallest absolute Gasteiger partial charge is 0.198 e. The number of anilines is 1. The normalized spacial score (nSPS) is 14.1. The van der Waals surface area contributed by atoms with Gasteiger partial charge in [-0.3, -0.25) is 0 Å². The number of H-pyrrole nitrogens is 1. The molecule has 2 aromatic rings. The molecule has 0 aliphatic heterocycles. The van der Waals surface area contributed by atoms with Crippen LogP contribution in [0.2, 0.25) is 0 Å². The minimum atomic E-state index is 0.494. The highest BCUT2D eigenvalue weighted by atomic mass is 15.0. The molecule has 82 valence electrons. The van der Waals surface area contributed by atoms with Crippen LogP contribution in [0.25, 0.3) is 11.3 Å². The zero-order valence-electron chi connectivity index (χ0n) is 9.38. The van der Waals surface area contributed by atoms with E-state index in [1.807, 2.05) is 6.92 Å². The van der Waals surface area contributed by atoms with Crippen LogP contribution in [0, 0.1) is 6.92 Å². The lowest BCUT2D eigenvalue weighted by Crippen LogP contribution is -1.87. The van der Waals surface area contributed by atoms with Crippen molar-refractivity contribution in [3.8, 4) is 11.3 Å². The zero-order chi connectivity index (χ0) is 11.1. The third kappa shape index (κ3) is 1.40. The highest BCUT2D eigenvalue weighted by Gasteiger charge is 2.13. The number of hydrogen-bond donors (Lipinski definition) is 2. The van der Waals surface area contributed by atoms with E-state index in [4.69, 9.17) is 5.73 Å². The summed E-state index contributed by atoms with van der Waals surface area (Å²) in [7, 11) is 0. The topological polar surface area (TPSA) is 54.7 Å². The minimum Gasteiger partial charge on any atom is -0.369 e. The molecule has 16 heavy (non-hydrogen) atoms. The van der Waals surface area contributed by atoms with E-state index >= 15 is 0 Å². The summed E-state index contributed by atoms with van der Waals surface area (Å²) in [6.45, 7) is 2.01. The predicted octanol–water partition coefficient (Wildman–Crippen LogP) is 2.46. The van der Waals surface area contributed by atoms with Crippen molar-refractivity contribution in [2.45, 2.75) is 26.2 Å². The van der Waals surface area contributed by atoms with Crippen molar-refractivity contribution in [2.75, 3.05) is 5.73 Å². The van der Waals surface area contributed by atoms with Gasteiger partial charge in [-0.1, -0.05) is 12.1 Å². The van der Waals surface area contributed by atoms with E-state index in [0.717, 1.165) is 11.4 Å². The van der Waals surface area contributed by atoms with Gasteiger partial charge in [-0.05, 0) is 43.4 Å². The van der Waals surface area contributed by atoms with Crippen LogP contribution in [-0.2, 0) is 12.8 Å². The molecular weight excluding hydrogens is 198 g/mol. The highest BCUT2D eigenvalue weighted by molar-refractivity contribution is 5.65. The summed E-state index contributed by atoms with van der Waals surface area (Å²) in [5.74, 6) is 0.494. The van der Waals surface area contributed by atoms with Gasteiger partial charge in [0.2, 0.25) is 0 Å². The molecule has 0 spiro atoms. The molecular formula is C13H15N3. The SMILES string of the molecule is Cc1[nH]c(N)nc1-c1ccc2c(c1)CCC2. The maximum Gasteiger partial charge on any atom is 0.198 e. The molecule has 0 saturated heterocycles. The second-order valence-corrected chi connectivity index (χ2v) is 4.43. The Morgan fingerprint density at radius 2 is 2.06 bits per heavy atom. The van der Waals surface area contributed by atoms with Gasteiger partial charge in [-0.25, -0.2) is 4.98 Å². The van der Waals surface area contributed by atoms with Gasteiger partial charge in [0.05, 0.1) is 5.69 Å². The number of nitrogens with one attached hydrogen (secondary N) is 1. The third-order valence-corrected chi connectivity index (χ3v) is 3.27. The summed E-state index contributed by atoms with van der Waals surface area (Å²) in [5.41, 5.74) is 11.8. The summed E-state index contributed by atoms with van der Waals surface area (Å²) in [6, 6.07) is 6.62. The van der Waals surface area contributed by atoms with Gasteiger partial charge in [-0.15, -0.1) is 0 Å². The third-order valence-electron chi connectivity index (χ3n) is 3.27. The monoisotopic (exact) mass is 213 g/mol. The number of nitrogen functional groups attached to an aromatic ring is 1. The molecule has 1 aliphatic carbocycles. The van der Waals surface area contributed by atoms with Gasteiger partial charge < -0.3 is 10.7 Å². The first-order chi connectivity index (χ1) is 7.74. The largest absolute Gasteiger partial charge is 0.369 e. The first kappa shape index (κ1) is 9.46. The number of nitrogens with zero attached hydrogens (tertiary/aromatic N) is 1. The molecule has 1 heterocycles. The van der Waals surface area contributed by atoms with Crippen molar-refractivity contribution in [3.63, 3.8) is 0 Å². The number of aromatic nitrogens is 2. The van der Waals surface area contributed by atoms with Crippen molar-refractivity contribution in [1.82, 2.24) is 9.97 Å². The molecule has 1 aromatic heterocycles. The Balaban J connectivity index is 2.10. The first-order valence-electron chi connectivity index (χ1n) is 5.68. The summed E-state index contributed by atoms with van der Waals surface area (Å²) in [6.07, 6.45) is 3.69. The molecule has 0 bridgehead atoms. The fraction of sp³-hybridized carbons (Fsp3) is 0.308. The van der Waals surface area contributed by atoms with Crippen LogP contribution in [0.3, 0.4) is 0 Å². The standard InChI is InChI=1S/C13H15N3/c1-8-12(16-13(14)15-8)11-6-5-9-3-2-4-10(9)7-11/h5-7H,2-4H2,1H3,(H3,14,15,16). The lowest BCUT2D eigenvalue weighted by molar-refractivity contribution is 0.912. The predicted molar refractivity (Wildman–Crippen MR) is 65.2 cm³/mol. The molecule has 0 unspecified atom stereocenters. The molecule has 0 fully saturated rings. The van der Waals surface area contributed by atoms with E-state index in [1.165, 1.54) is 36.0 Å². The van der Waals surface area contributed by atoms with E-state index in [1.54, 1.807) is 0 Å². The Kier molecular flexibility index (Phi) is 1.99. The quantitative estimate of drug-likeness (QED) is 0.764. The van der Waals surface area contributed by atoms with E-state index < -0.39 is 0 Å². The van der Waals surface area contributed by atoms with Crippen LogP contribution >= 0.6 is 0 Å². The molecule has 0 radical (unpaired) electrons. The van der Waals surface area contributed by atoms with Crippen LogP contribution in [-0.4, -0.2) is 9.97 Å². The van der Waals surface area contributed by atoms with Crippen LogP contribution in [0.15, 0.2) is 18.2 Å². The molecule has 1 aromatic carbocycles. The molecule has 3 N–H and O–H groups in total. The van der Waals surface area contributed by atoms with E-state index in [2.05, 4.69) is 28.2 Å². The second-order valence-electron chi connectivity index (χ2n) is 4.43.